The quantitative estimate of drug-likeness (QED) is 0.233. The average molecular weight is 501 g/mol. The smallest absolute Gasteiger partial charge is 0.191 e. The molecule has 0 bridgehead atoms. The van der Waals surface area contributed by atoms with Crippen molar-refractivity contribution in [2.75, 3.05) is 26.8 Å². The zero-order valence-electron chi connectivity index (χ0n) is 16.6. The van der Waals surface area contributed by atoms with E-state index in [0.717, 1.165) is 17.7 Å². The second-order valence-electron chi connectivity index (χ2n) is 6.06. The monoisotopic (exact) mass is 501 g/mol. The first-order valence-corrected chi connectivity index (χ1v) is 9.14. The molecule has 154 valence electrons. The largest absolute Gasteiger partial charge is 0.494 e. The predicted molar refractivity (Wildman–Crippen MR) is 122 cm³/mol. The Morgan fingerprint density at radius 2 is 1.93 bits per heavy atom. The summed E-state index contributed by atoms with van der Waals surface area (Å²) in [5, 5.41) is 6.48. The summed E-state index contributed by atoms with van der Waals surface area (Å²) in [7, 11) is 1.45. The first kappa shape index (κ1) is 24.2. The summed E-state index contributed by atoms with van der Waals surface area (Å²) < 4.78 is 24.5. The molecule has 0 saturated carbocycles. The van der Waals surface area contributed by atoms with E-state index in [2.05, 4.69) is 15.6 Å². The van der Waals surface area contributed by atoms with Gasteiger partial charge in [-0.05, 0) is 37.1 Å². The number of nitrogens with zero attached hydrogens (tertiary/aromatic N) is 1. The molecule has 5 nitrogen and oxygen atoms in total. The molecule has 0 aromatic heterocycles. The minimum atomic E-state index is -0.375. The molecule has 0 saturated heterocycles. The molecule has 0 aliphatic carbocycles. The first-order valence-electron chi connectivity index (χ1n) is 9.14. The van der Waals surface area contributed by atoms with Crippen molar-refractivity contribution in [3.8, 4) is 5.75 Å². The summed E-state index contributed by atoms with van der Waals surface area (Å²) >= 11 is 0. The molecule has 7 heteroatoms. The van der Waals surface area contributed by atoms with Crippen LogP contribution in [0.3, 0.4) is 0 Å². The maximum Gasteiger partial charge on any atom is 0.191 e. The Balaban J connectivity index is 0.00000392. The third-order valence-electron chi connectivity index (χ3n) is 3.99. The van der Waals surface area contributed by atoms with Gasteiger partial charge in [-0.3, -0.25) is 4.99 Å². The Hall–Kier alpha value is -1.87. The molecule has 0 aliphatic rings. The lowest BCUT2D eigenvalue weighted by atomic mass is 10.1. The van der Waals surface area contributed by atoms with Crippen LogP contribution in [0, 0.1) is 5.82 Å². The number of ether oxygens (including phenoxy) is 2. The maximum absolute atomic E-state index is 13.9. The number of benzene rings is 2. The van der Waals surface area contributed by atoms with Gasteiger partial charge in [0.2, 0.25) is 0 Å². The summed E-state index contributed by atoms with van der Waals surface area (Å²) in [5.74, 6) is 0.534. The van der Waals surface area contributed by atoms with E-state index in [0.29, 0.717) is 25.7 Å². The van der Waals surface area contributed by atoms with Gasteiger partial charge in [0.05, 0.1) is 32.9 Å². The van der Waals surface area contributed by atoms with E-state index >= 15 is 0 Å². The van der Waals surface area contributed by atoms with Crippen LogP contribution in [0.4, 0.5) is 4.39 Å². The van der Waals surface area contributed by atoms with Gasteiger partial charge in [-0.1, -0.05) is 36.4 Å². The lowest BCUT2D eigenvalue weighted by molar-refractivity contribution is 0.128. The summed E-state index contributed by atoms with van der Waals surface area (Å²) in [5.41, 5.74) is 1.96. The molecular weight excluding hydrogens is 472 g/mol. The fourth-order valence-corrected chi connectivity index (χ4v) is 2.55. The Labute approximate surface area is 183 Å². The summed E-state index contributed by atoms with van der Waals surface area (Å²) in [6.45, 7) is 6.33. The van der Waals surface area contributed by atoms with E-state index in [9.17, 15) is 4.39 Å². The van der Waals surface area contributed by atoms with E-state index in [-0.39, 0.29) is 41.6 Å². The van der Waals surface area contributed by atoms with Crippen LogP contribution in [0.25, 0.3) is 0 Å². The van der Waals surface area contributed by atoms with Gasteiger partial charge in [-0.25, -0.2) is 4.39 Å². The number of rotatable bonds is 9. The second kappa shape index (κ2) is 13.3. The Morgan fingerprint density at radius 3 is 2.57 bits per heavy atom. The minimum absolute atomic E-state index is 0. The van der Waals surface area contributed by atoms with Crippen LogP contribution >= 0.6 is 24.0 Å². The van der Waals surface area contributed by atoms with Gasteiger partial charge in [0.1, 0.15) is 0 Å². The number of halogens is 2. The van der Waals surface area contributed by atoms with E-state index in [1.54, 1.807) is 6.07 Å². The number of methoxy groups -OCH3 is 1. The number of guanidine groups is 1. The Morgan fingerprint density at radius 1 is 1.18 bits per heavy atom. The SMILES string of the molecule is CCNC(=NCCOCc1ccccc1)NC(C)c1ccc(OC)c(F)c1.I. The van der Waals surface area contributed by atoms with E-state index in [4.69, 9.17) is 9.47 Å². The van der Waals surface area contributed by atoms with Crippen molar-refractivity contribution in [3.63, 3.8) is 0 Å². The van der Waals surface area contributed by atoms with Crippen molar-refractivity contribution in [3.05, 3.63) is 65.5 Å². The highest BCUT2D eigenvalue weighted by molar-refractivity contribution is 14.0. The van der Waals surface area contributed by atoms with Crippen molar-refractivity contribution in [2.24, 2.45) is 4.99 Å². The lowest BCUT2D eigenvalue weighted by Crippen LogP contribution is -2.39. The molecule has 0 aliphatic heterocycles. The van der Waals surface area contributed by atoms with E-state index < -0.39 is 0 Å². The van der Waals surface area contributed by atoms with Gasteiger partial charge < -0.3 is 20.1 Å². The van der Waals surface area contributed by atoms with Crippen LogP contribution in [-0.4, -0.2) is 32.8 Å². The van der Waals surface area contributed by atoms with Crippen LogP contribution in [0.2, 0.25) is 0 Å². The Bertz CT molecular complexity index is 729. The molecular formula is C21H29FIN3O2. The highest BCUT2D eigenvalue weighted by atomic mass is 127. The van der Waals surface area contributed by atoms with Crippen molar-refractivity contribution in [1.82, 2.24) is 10.6 Å². The molecule has 2 N–H and O–H groups in total. The van der Waals surface area contributed by atoms with Crippen LogP contribution in [0.15, 0.2) is 53.5 Å². The van der Waals surface area contributed by atoms with Crippen LogP contribution in [0.5, 0.6) is 5.75 Å². The zero-order valence-corrected chi connectivity index (χ0v) is 18.9. The molecule has 0 radical (unpaired) electrons. The molecule has 0 fully saturated rings. The first-order chi connectivity index (χ1) is 13.1. The molecule has 2 aromatic carbocycles. The second-order valence-corrected chi connectivity index (χ2v) is 6.06. The number of aliphatic imine (C=N–C) groups is 1. The number of nitrogens with one attached hydrogen (secondary N) is 2. The topological polar surface area (TPSA) is 54.9 Å². The third-order valence-corrected chi connectivity index (χ3v) is 3.99. The number of hydrogen-bond acceptors (Lipinski definition) is 3. The molecule has 0 heterocycles. The molecule has 2 rings (SSSR count). The summed E-state index contributed by atoms with van der Waals surface area (Å²) in [6.07, 6.45) is 0. The molecule has 1 atom stereocenters. The average Bonchev–Trinajstić information content (AvgIpc) is 2.68. The zero-order chi connectivity index (χ0) is 19.5. The van der Waals surface area contributed by atoms with Crippen LogP contribution < -0.4 is 15.4 Å². The van der Waals surface area contributed by atoms with E-state index in [1.807, 2.05) is 50.2 Å². The van der Waals surface area contributed by atoms with Gasteiger partial charge in [0.15, 0.2) is 17.5 Å². The Kier molecular flexibility index (Phi) is 11.5. The van der Waals surface area contributed by atoms with Crippen molar-refractivity contribution in [2.45, 2.75) is 26.5 Å². The van der Waals surface area contributed by atoms with Gasteiger partial charge in [-0.2, -0.15) is 0 Å². The highest BCUT2D eigenvalue weighted by Crippen LogP contribution is 2.21. The standard InChI is InChI=1S/C21H28FN3O2.HI/c1-4-23-21(24-12-13-27-15-17-8-6-5-7-9-17)25-16(2)18-10-11-20(26-3)19(22)14-18;/h5-11,14,16H,4,12-13,15H2,1-3H3,(H2,23,24,25);1H. The maximum atomic E-state index is 13.9. The molecule has 2 aromatic rings. The fourth-order valence-electron chi connectivity index (χ4n) is 2.55. The summed E-state index contributed by atoms with van der Waals surface area (Å²) in [4.78, 5) is 4.52. The van der Waals surface area contributed by atoms with Crippen molar-refractivity contribution < 1.29 is 13.9 Å². The van der Waals surface area contributed by atoms with Crippen LogP contribution in [-0.2, 0) is 11.3 Å². The minimum Gasteiger partial charge on any atom is -0.494 e. The molecule has 0 amide bonds. The lowest BCUT2D eigenvalue weighted by Gasteiger charge is -2.18. The molecule has 0 spiro atoms. The highest BCUT2D eigenvalue weighted by Gasteiger charge is 2.11. The van der Waals surface area contributed by atoms with Crippen molar-refractivity contribution >= 4 is 29.9 Å². The van der Waals surface area contributed by atoms with E-state index in [1.165, 1.54) is 13.2 Å². The normalized spacial score (nSPS) is 12.1. The third kappa shape index (κ3) is 8.02. The molecule has 1 unspecified atom stereocenters. The van der Waals surface area contributed by atoms with Gasteiger partial charge >= 0.3 is 0 Å². The summed E-state index contributed by atoms with van der Waals surface area (Å²) in [6, 6.07) is 14.9. The molecule has 28 heavy (non-hydrogen) atoms. The van der Waals surface area contributed by atoms with Gasteiger partial charge in [0, 0.05) is 6.54 Å². The van der Waals surface area contributed by atoms with Crippen LogP contribution in [0.1, 0.15) is 31.0 Å². The number of hydrogen-bond donors (Lipinski definition) is 2. The predicted octanol–water partition coefficient (Wildman–Crippen LogP) is 4.29. The van der Waals surface area contributed by atoms with Gasteiger partial charge in [-0.15, -0.1) is 24.0 Å². The van der Waals surface area contributed by atoms with Gasteiger partial charge in [0.25, 0.3) is 0 Å². The van der Waals surface area contributed by atoms with Crippen molar-refractivity contribution in [1.29, 1.82) is 0 Å². The fraction of sp³-hybridized carbons (Fsp3) is 0.381.